The zero-order chi connectivity index (χ0) is 17.5. The molecule has 0 atom stereocenters. The highest BCUT2D eigenvalue weighted by atomic mass is 16.2. The molecule has 2 rings (SSSR count). The van der Waals surface area contributed by atoms with Gasteiger partial charge in [-0.2, -0.15) is 0 Å². The molecule has 1 N–H and O–H groups in total. The monoisotopic (exact) mass is 327 g/mol. The summed E-state index contributed by atoms with van der Waals surface area (Å²) in [4.78, 5) is 37.4. The molecule has 24 heavy (non-hydrogen) atoms. The number of nitrogens with zero attached hydrogens (tertiary/aromatic N) is 2. The van der Waals surface area contributed by atoms with Gasteiger partial charge < -0.3 is 14.8 Å². The molecule has 1 aromatic carbocycles. The topological polar surface area (TPSA) is 71.4 Å². The lowest BCUT2D eigenvalue weighted by Crippen LogP contribution is -2.38. The van der Waals surface area contributed by atoms with Crippen LogP contribution in [0.5, 0.6) is 0 Å². The van der Waals surface area contributed by atoms with Crippen LogP contribution in [-0.4, -0.2) is 34.9 Å². The van der Waals surface area contributed by atoms with E-state index < -0.39 is 0 Å². The zero-order valence-corrected chi connectivity index (χ0v) is 13.9. The van der Waals surface area contributed by atoms with Crippen molar-refractivity contribution < 1.29 is 9.59 Å². The third kappa shape index (κ3) is 4.55. The maximum Gasteiger partial charge on any atom is 0.254 e. The molecule has 0 bridgehead atoms. The summed E-state index contributed by atoms with van der Waals surface area (Å²) in [6.07, 6.45) is 1.58. The van der Waals surface area contributed by atoms with Crippen LogP contribution in [0.2, 0.25) is 0 Å². The number of rotatable bonds is 6. The molecule has 2 amide bonds. The van der Waals surface area contributed by atoms with E-state index in [1.165, 1.54) is 22.6 Å². The third-order valence-electron chi connectivity index (χ3n) is 3.64. The van der Waals surface area contributed by atoms with Gasteiger partial charge in [-0.05, 0) is 18.6 Å². The molecular formula is C18H21N3O3. The van der Waals surface area contributed by atoms with Gasteiger partial charge in [-0.15, -0.1) is 0 Å². The molecule has 0 spiro atoms. The molecule has 1 heterocycles. The van der Waals surface area contributed by atoms with Crippen LogP contribution in [0.25, 0.3) is 0 Å². The van der Waals surface area contributed by atoms with Crippen molar-refractivity contribution in [1.29, 1.82) is 0 Å². The number of hydrogen-bond donors (Lipinski definition) is 1. The van der Waals surface area contributed by atoms with E-state index >= 15 is 0 Å². The van der Waals surface area contributed by atoms with Crippen molar-refractivity contribution in [3.05, 3.63) is 70.1 Å². The Hall–Kier alpha value is -2.89. The Balaban J connectivity index is 1.92. The molecule has 0 aliphatic rings. The molecule has 0 aliphatic heterocycles. The van der Waals surface area contributed by atoms with Crippen molar-refractivity contribution >= 4 is 11.8 Å². The first-order valence-electron chi connectivity index (χ1n) is 7.78. The number of nitrogens with one attached hydrogen (secondary N) is 1. The van der Waals surface area contributed by atoms with Gasteiger partial charge in [0.1, 0.15) is 0 Å². The number of aryl methyl sites for hydroxylation is 1. The normalized spacial score (nSPS) is 10.2. The van der Waals surface area contributed by atoms with Gasteiger partial charge in [0.05, 0.1) is 6.54 Å². The summed E-state index contributed by atoms with van der Waals surface area (Å²) in [5, 5.41) is 2.77. The predicted octanol–water partition coefficient (Wildman–Crippen LogP) is 1.26. The summed E-state index contributed by atoms with van der Waals surface area (Å²) < 4.78 is 1.50. The van der Waals surface area contributed by atoms with E-state index in [4.69, 9.17) is 0 Å². The van der Waals surface area contributed by atoms with Crippen LogP contribution >= 0.6 is 0 Å². The van der Waals surface area contributed by atoms with Gasteiger partial charge >= 0.3 is 0 Å². The minimum Gasteiger partial charge on any atom is -0.350 e. The van der Waals surface area contributed by atoms with Gasteiger partial charge in [-0.3, -0.25) is 14.4 Å². The number of likely N-dealkylation sites (N-methyl/N-ethyl adjacent to an activating group) is 1. The molecule has 126 valence electrons. The Morgan fingerprint density at radius 1 is 1.17 bits per heavy atom. The van der Waals surface area contributed by atoms with Crippen molar-refractivity contribution in [2.75, 3.05) is 13.6 Å². The van der Waals surface area contributed by atoms with E-state index in [9.17, 15) is 14.4 Å². The highest BCUT2D eigenvalue weighted by Crippen LogP contribution is 2.01. The number of pyridine rings is 1. The lowest BCUT2D eigenvalue weighted by molar-refractivity contribution is -0.121. The number of hydrogen-bond acceptors (Lipinski definition) is 3. The lowest BCUT2D eigenvalue weighted by atomic mass is 10.2. The summed E-state index contributed by atoms with van der Waals surface area (Å²) in [7, 11) is 1.54. The largest absolute Gasteiger partial charge is 0.350 e. The standard InChI is InChI=1S/C18H21N3O3/c1-3-21-10-9-15(11-17(21)23)18(24)20(2)13-16(22)19-12-14-7-5-4-6-8-14/h4-11H,3,12-13H2,1-2H3,(H,19,22). The van der Waals surface area contributed by atoms with Crippen molar-refractivity contribution in [2.24, 2.45) is 0 Å². The first-order chi connectivity index (χ1) is 11.5. The fraction of sp³-hybridized carbons (Fsp3) is 0.278. The van der Waals surface area contributed by atoms with E-state index in [2.05, 4.69) is 5.32 Å². The van der Waals surface area contributed by atoms with E-state index in [-0.39, 0.29) is 29.5 Å². The predicted molar refractivity (Wildman–Crippen MR) is 91.6 cm³/mol. The fourth-order valence-corrected chi connectivity index (χ4v) is 2.26. The molecular weight excluding hydrogens is 306 g/mol. The zero-order valence-electron chi connectivity index (χ0n) is 13.9. The molecule has 0 saturated heterocycles. The van der Waals surface area contributed by atoms with Crippen LogP contribution in [0.4, 0.5) is 0 Å². The van der Waals surface area contributed by atoms with Crippen molar-refractivity contribution in [1.82, 2.24) is 14.8 Å². The average molecular weight is 327 g/mol. The second kappa shape index (κ2) is 8.10. The van der Waals surface area contributed by atoms with Crippen molar-refractivity contribution in [3.63, 3.8) is 0 Å². The fourth-order valence-electron chi connectivity index (χ4n) is 2.26. The highest BCUT2D eigenvalue weighted by molar-refractivity contribution is 5.96. The van der Waals surface area contributed by atoms with Crippen molar-refractivity contribution in [3.8, 4) is 0 Å². The van der Waals surface area contributed by atoms with Gasteiger partial charge in [0.15, 0.2) is 0 Å². The third-order valence-corrected chi connectivity index (χ3v) is 3.64. The Kier molecular flexibility index (Phi) is 5.89. The number of aromatic nitrogens is 1. The first-order valence-corrected chi connectivity index (χ1v) is 7.78. The maximum atomic E-state index is 12.3. The van der Waals surface area contributed by atoms with Crippen LogP contribution in [0.3, 0.4) is 0 Å². The van der Waals surface area contributed by atoms with E-state index in [1.54, 1.807) is 12.3 Å². The quantitative estimate of drug-likeness (QED) is 0.868. The summed E-state index contributed by atoms with van der Waals surface area (Å²) in [5.74, 6) is -0.609. The Labute approximate surface area is 140 Å². The van der Waals surface area contributed by atoms with Crippen molar-refractivity contribution in [2.45, 2.75) is 20.0 Å². The molecule has 0 aliphatic carbocycles. The van der Waals surface area contributed by atoms with Crippen LogP contribution in [0.1, 0.15) is 22.8 Å². The number of benzene rings is 1. The molecule has 6 nitrogen and oxygen atoms in total. The number of carbonyl (C=O) groups excluding carboxylic acids is 2. The van der Waals surface area contributed by atoms with Crippen LogP contribution in [0.15, 0.2) is 53.5 Å². The summed E-state index contributed by atoms with van der Waals surface area (Å²) in [6.45, 7) is 2.74. The smallest absolute Gasteiger partial charge is 0.254 e. The van der Waals surface area contributed by atoms with Gasteiger partial charge in [0.2, 0.25) is 5.91 Å². The minimum atomic E-state index is -0.356. The SMILES string of the molecule is CCn1ccc(C(=O)N(C)CC(=O)NCc2ccccc2)cc1=O. The second-order valence-electron chi connectivity index (χ2n) is 5.46. The summed E-state index contributed by atoms with van der Waals surface area (Å²) >= 11 is 0. The molecule has 1 aromatic heterocycles. The van der Waals surface area contributed by atoms with Gasteiger partial charge in [-0.1, -0.05) is 30.3 Å². The molecule has 0 unspecified atom stereocenters. The number of amides is 2. The Morgan fingerprint density at radius 3 is 2.50 bits per heavy atom. The summed E-state index contributed by atoms with van der Waals surface area (Å²) in [6, 6.07) is 12.4. The van der Waals surface area contributed by atoms with Crippen LogP contribution < -0.4 is 10.9 Å². The Morgan fingerprint density at radius 2 is 1.88 bits per heavy atom. The van der Waals surface area contributed by atoms with Crippen LogP contribution in [-0.2, 0) is 17.9 Å². The number of carbonyl (C=O) groups is 2. The second-order valence-corrected chi connectivity index (χ2v) is 5.46. The van der Waals surface area contributed by atoms with Crippen LogP contribution in [0, 0.1) is 0 Å². The molecule has 2 aromatic rings. The molecule has 0 radical (unpaired) electrons. The molecule has 0 fully saturated rings. The van der Waals surface area contributed by atoms with E-state index in [0.29, 0.717) is 13.1 Å². The minimum absolute atomic E-state index is 0.0669. The van der Waals surface area contributed by atoms with E-state index in [1.807, 2.05) is 37.3 Å². The van der Waals surface area contributed by atoms with Gasteiger partial charge in [0.25, 0.3) is 11.5 Å². The molecule has 6 heteroatoms. The lowest BCUT2D eigenvalue weighted by Gasteiger charge is -2.17. The highest BCUT2D eigenvalue weighted by Gasteiger charge is 2.15. The Bertz CT molecular complexity index is 769. The summed E-state index contributed by atoms with van der Waals surface area (Å²) in [5.41, 5.74) is 1.04. The maximum absolute atomic E-state index is 12.3. The van der Waals surface area contributed by atoms with Gasteiger partial charge in [-0.25, -0.2) is 0 Å². The average Bonchev–Trinajstić information content (AvgIpc) is 2.60. The van der Waals surface area contributed by atoms with E-state index in [0.717, 1.165) is 5.56 Å². The first kappa shape index (κ1) is 17.5. The molecule has 0 saturated carbocycles. The van der Waals surface area contributed by atoms with Gasteiger partial charge in [0, 0.05) is 38.0 Å².